The summed E-state index contributed by atoms with van der Waals surface area (Å²) in [6, 6.07) is 10.8. The number of benzene rings is 1. The molecule has 1 aromatic rings. The number of piperidine rings is 1. The molecule has 2 bridgehead atoms. The Kier molecular flexibility index (Phi) is 3.62. The van der Waals surface area contributed by atoms with Crippen molar-refractivity contribution in [1.29, 1.82) is 0 Å². The molecule has 18 heavy (non-hydrogen) atoms. The van der Waals surface area contributed by atoms with Gasteiger partial charge in [-0.1, -0.05) is 19.1 Å². The van der Waals surface area contributed by atoms with E-state index in [1.807, 2.05) is 0 Å². The fourth-order valence-corrected chi connectivity index (χ4v) is 4.18. The lowest BCUT2D eigenvalue weighted by Gasteiger charge is -2.41. The summed E-state index contributed by atoms with van der Waals surface area (Å²) < 4.78 is 1.24. The van der Waals surface area contributed by atoms with Gasteiger partial charge in [-0.15, -0.1) is 0 Å². The van der Waals surface area contributed by atoms with Crippen molar-refractivity contribution >= 4 is 21.6 Å². The number of nitrogens with zero attached hydrogens (tertiary/aromatic N) is 1. The van der Waals surface area contributed by atoms with Crippen LogP contribution >= 0.6 is 15.9 Å². The molecule has 1 N–H and O–H groups in total. The van der Waals surface area contributed by atoms with Crippen molar-refractivity contribution in [3.63, 3.8) is 0 Å². The summed E-state index contributed by atoms with van der Waals surface area (Å²) in [5, 5.41) is 3.63. The quantitative estimate of drug-likeness (QED) is 0.918. The number of nitrogens with one attached hydrogen (secondary N) is 1. The molecule has 0 amide bonds. The summed E-state index contributed by atoms with van der Waals surface area (Å²) in [5.41, 5.74) is 1.39. The van der Waals surface area contributed by atoms with Gasteiger partial charge in [0, 0.05) is 22.6 Å². The van der Waals surface area contributed by atoms with Crippen molar-refractivity contribution in [2.75, 3.05) is 11.4 Å². The molecule has 2 fully saturated rings. The van der Waals surface area contributed by atoms with E-state index in [4.69, 9.17) is 0 Å². The van der Waals surface area contributed by atoms with Crippen molar-refractivity contribution in [1.82, 2.24) is 5.32 Å². The lowest BCUT2D eigenvalue weighted by atomic mass is 9.96. The van der Waals surface area contributed by atoms with Gasteiger partial charge in [-0.25, -0.2) is 0 Å². The van der Waals surface area contributed by atoms with E-state index in [-0.39, 0.29) is 0 Å². The number of hydrogen-bond donors (Lipinski definition) is 1. The van der Waals surface area contributed by atoms with Crippen LogP contribution < -0.4 is 10.2 Å². The molecule has 2 nitrogen and oxygen atoms in total. The maximum absolute atomic E-state index is 3.70. The molecule has 1 aromatic carbocycles. The Hall–Kier alpha value is -0.540. The average Bonchev–Trinajstić information content (AvgIpc) is 2.62. The molecule has 0 spiro atoms. The van der Waals surface area contributed by atoms with E-state index >= 15 is 0 Å². The van der Waals surface area contributed by atoms with Crippen LogP contribution in [-0.2, 0) is 0 Å². The molecule has 2 aliphatic heterocycles. The standard InChI is InChI=1S/C15H21BrN2/c1-2-17-11-9-12-7-8-13(10-11)18(12)15-6-4-3-5-14(15)16/h3-6,11-13,17H,2,7-10H2,1H3. The first-order chi connectivity index (χ1) is 8.79. The Labute approximate surface area is 118 Å². The van der Waals surface area contributed by atoms with E-state index in [1.165, 1.54) is 35.8 Å². The highest BCUT2D eigenvalue weighted by atomic mass is 79.9. The van der Waals surface area contributed by atoms with Crippen molar-refractivity contribution in [3.05, 3.63) is 28.7 Å². The Morgan fingerprint density at radius 3 is 2.50 bits per heavy atom. The predicted octanol–water partition coefficient (Wildman–Crippen LogP) is 3.56. The number of anilines is 1. The number of fused-ring (bicyclic) bond motifs is 2. The molecule has 0 radical (unpaired) electrons. The lowest BCUT2D eigenvalue weighted by Crippen LogP contribution is -2.49. The van der Waals surface area contributed by atoms with Gasteiger partial charge in [-0.05, 0) is 60.3 Å². The highest BCUT2D eigenvalue weighted by Gasteiger charge is 2.40. The van der Waals surface area contributed by atoms with Crippen molar-refractivity contribution in [2.45, 2.75) is 50.7 Å². The van der Waals surface area contributed by atoms with Crippen LogP contribution in [0.4, 0.5) is 5.69 Å². The van der Waals surface area contributed by atoms with E-state index in [2.05, 4.69) is 57.3 Å². The molecule has 2 aliphatic rings. The number of hydrogen-bond acceptors (Lipinski definition) is 2. The third kappa shape index (κ3) is 2.19. The Bertz CT molecular complexity index is 407. The van der Waals surface area contributed by atoms with Crippen LogP contribution in [-0.4, -0.2) is 24.7 Å². The maximum Gasteiger partial charge on any atom is 0.0515 e. The van der Waals surface area contributed by atoms with Gasteiger partial charge >= 0.3 is 0 Å². The molecule has 3 rings (SSSR count). The van der Waals surface area contributed by atoms with Crippen LogP contribution in [0.1, 0.15) is 32.6 Å². The molecule has 3 heteroatoms. The molecule has 0 aromatic heterocycles. The van der Waals surface area contributed by atoms with E-state index in [9.17, 15) is 0 Å². The summed E-state index contributed by atoms with van der Waals surface area (Å²) >= 11 is 3.70. The zero-order valence-electron chi connectivity index (χ0n) is 10.9. The molecule has 2 saturated heterocycles. The number of para-hydroxylation sites is 1. The topological polar surface area (TPSA) is 15.3 Å². The molecule has 0 aliphatic carbocycles. The highest BCUT2D eigenvalue weighted by molar-refractivity contribution is 9.10. The molecule has 2 atom stereocenters. The summed E-state index contributed by atoms with van der Waals surface area (Å²) in [7, 11) is 0. The zero-order chi connectivity index (χ0) is 12.5. The van der Waals surface area contributed by atoms with Crippen molar-refractivity contribution in [2.24, 2.45) is 0 Å². The summed E-state index contributed by atoms with van der Waals surface area (Å²) in [6.45, 7) is 3.31. The molecular formula is C15H21BrN2. The summed E-state index contributed by atoms with van der Waals surface area (Å²) in [4.78, 5) is 2.66. The smallest absolute Gasteiger partial charge is 0.0515 e. The van der Waals surface area contributed by atoms with Crippen LogP contribution in [0.3, 0.4) is 0 Å². The van der Waals surface area contributed by atoms with E-state index in [1.54, 1.807) is 0 Å². The minimum absolute atomic E-state index is 0.728. The van der Waals surface area contributed by atoms with Gasteiger partial charge < -0.3 is 10.2 Å². The highest BCUT2D eigenvalue weighted by Crippen LogP contribution is 2.41. The number of rotatable bonds is 3. The maximum atomic E-state index is 3.70. The van der Waals surface area contributed by atoms with Crippen molar-refractivity contribution < 1.29 is 0 Å². The SMILES string of the molecule is CCNC1CC2CCC(C1)N2c1ccccc1Br. The monoisotopic (exact) mass is 308 g/mol. The average molecular weight is 309 g/mol. The Morgan fingerprint density at radius 2 is 1.89 bits per heavy atom. The third-order valence-electron chi connectivity index (χ3n) is 4.36. The lowest BCUT2D eigenvalue weighted by molar-refractivity contribution is 0.361. The molecule has 2 heterocycles. The van der Waals surface area contributed by atoms with Crippen LogP contribution in [0.5, 0.6) is 0 Å². The van der Waals surface area contributed by atoms with Crippen molar-refractivity contribution in [3.8, 4) is 0 Å². The summed E-state index contributed by atoms with van der Waals surface area (Å²) in [5.74, 6) is 0. The first-order valence-electron chi connectivity index (χ1n) is 7.06. The Morgan fingerprint density at radius 1 is 1.22 bits per heavy atom. The normalized spacial score (nSPS) is 30.8. The van der Waals surface area contributed by atoms with Crippen LogP contribution in [0.25, 0.3) is 0 Å². The Balaban J connectivity index is 1.82. The van der Waals surface area contributed by atoms with Crippen LogP contribution in [0, 0.1) is 0 Å². The van der Waals surface area contributed by atoms with Gasteiger partial charge in [0.25, 0.3) is 0 Å². The van der Waals surface area contributed by atoms with E-state index in [0.29, 0.717) is 0 Å². The predicted molar refractivity (Wildman–Crippen MR) is 80.1 cm³/mol. The second-order valence-electron chi connectivity index (χ2n) is 5.47. The fourth-order valence-electron chi connectivity index (χ4n) is 3.69. The minimum atomic E-state index is 0.728. The largest absolute Gasteiger partial charge is 0.365 e. The van der Waals surface area contributed by atoms with Gasteiger partial charge in [0.15, 0.2) is 0 Å². The second kappa shape index (κ2) is 5.22. The minimum Gasteiger partial charge on any atom is -0.365 e. The van der Waals surface area contributed by atoms with Gasteiger partial charge in [-0.2, -0.15) is 0 Å². The van der Waals surface area contributed by atoms with Gasteiger partial charge in [0.2, 0.25) is 0 Å². The zero-order valence-corrected chi connectivity index (χ0v) is 12.5. The summed E-state index contributed by atoms with van der Waals surface area (Å²) in [6.07, 6.45) is 5.30. The molecule has 98 valence electrons. The fraction of sp³-hybridized carbons (Fsp3) is 0.600. The first kappa shape index (κ1) is 12.5. The molecule has 2 unspecified atom stereocenters. The van der Waals surface area contributed by atoms with Crippen LogP contribution in [0.15, 0.2) is 28.7 Å². The molecule has 0 saturated carbocycles. The van der Waals surface area contributed by atoms with Gasteiger partial charge in [-0.3, -0.25) is 0 Å². The second-order valence-corrected chi connectivity index (χ2v) is 6.32. The number of halogens is 1. The van der Waals surface area contributed by atoms with E-state index in [0.717, 1.165) is 24.7 Å². The van der Waals surface area contributed by atoms with Gasteiger partial charge in [0.05, 0.1) is 5.69 Å². The molecular weight excluding hydrogens is 288 g/mol. The van der Waals surface area contributed by atoms with E-state index < -0.39 is 0 Å². The van der Waals surface area contributed by atoms with Crippen LogP contribution in [0.2, 0.25) is 0 Å². The van der Waals surface area contributed by atoms with Gasteiger partial charge in [0.1, 0.15) is 0 Å². The third-order valence-corrected chi connectivity index (χ3v) is 5.03. The first-order valence-corrected chi connectivity index (χ1v) is 7.85.